The Bertz CT molecular complexity index is 978. The summed E-state index contributed by atoms with van der Waals surface area (Å²) < 4.78 is 41.0. The number of carbonyl (C=O) groups is 1. The van der Waals surface area contributed by atoms with Gasteiger partial charge in [-0.15, -0.1) is 0 Å². The van der Waals surface area contributed by atoms with Gasteiger partial charge in [0.2, 0.25) is 11.8 Å². The van der Waals surface area contributed by atoms with E-state index in [1.165, 1.54) is 18.3 Å². The average molecular weight is 389 g/mol. The van der Waals surface area contributed by atoms with Gasteiger partial charge in [-0.25, -0.2) is 4.98 Å². The Balaban J connectivity index is 1.58. The molecule has 3 rings (SSSR count). The molecule has 0 aliphatic rings. The van der Waals surface area contributed by atoms with Crippen molar-refractivity contribution in [3.05, 3.63) is 66.0 Å². The van der Waals surface area contributed by atoms with Gasteiger partial charge < -0.3 is 15.0 Å². The summed E-state index contributed by atoms with van der Waals surface area (Å²) >= 11 is 0. The molecule has 0 aliphatic carbocycles. The van der Waals surface area contributed by atoms with Gasteiger partial charge in [0, 0.05) is 35.4 Å². The van der Waals surface area contributed by atoms with Crippen molar-refractivity contribution < 1.29 is 22.7 Å². The predicted molar refractivity (Wildman–Crippen MR) is 99.7 cm³/mol. The molecule has 1 atom stereocenters. The highest BCUT2D eigenvalue weighted by molar-refractivity contribution is 5.96. The fourth-order valence-corrected chi connectivity index (χ4v) is 2.63. The van der Waals surface area contributed by atoms with E-state index >= 15 is 0 Å². The number of carbonyl (C=O) groups excluding carboxylic acids is 1. The number of H-pyrrole nitrogens is 1. The van der Waals surface area contributed by atoms with Crippen molar-refractivity contribution in [3.8, 4) is 5.88 Å². The summed E-state index contributed by atoms with van der Waals surface area (Å²) in [6, 6.07) is 10.3. The highest BCUT2D eigenvalue weighted by Crippen LogP contribution is 2.20. The van der Waals surface area contributed by atoms with E-state index in [0.29, 0.717) is 5.56 Å². The van der Waals surface area contributed by atoms with E-state index in [0.717, 1.165) is 16.5 Å². The summed E-state index contributed by atoms with van der Waals surface area (Å²) in [7, 11) is 0. The molecule has 3 aromatic rings. The molecule has 0 saturated heterocycles. The number of aromatic nitrogens is 2. The van der Waals surface area contributed by atoms with Gasteiger partial charge in [-0.05, 0) is 30.2 Å². The van der Waals surface area contributed by atoms with Crippen LogP contribution < -0.4 is 10.1 Å². The molecule has 28 heavy (non-hydrogen) atoms. The van der Waals surface area contributed by atoms with Crippen molar-refractivity contribution in [1.29, 1.82) is 0 Å². The monoisotopic (exact) mass is 389 g/mol. The number of nitrogens with one attached hydrogen (secondary N) is 2. The van der Waals surface area contributed by atoms with Crippen LogP contribution >= 0.6 is 0 Å². The van der Waals surface area contributed by atoms with E-state index in [-0.39, 0.29) is 17.8 Å². The first-order valence-electron chi connectivity index (χ1n) is 8.52. The van der Waals surface area contributed by atoms with Gasteiger partial charge in [0.15, 0.2) is 6.61 Å². The maximum absolute atomic E-state index is 12.2. The van der Waals surface area contributed by atoms with E-state index in [2.05, 4.69) is 20.0 Å². The van der Waals surface area contributed by atoms with E-state index < -0.39 is 12.8 Å². The number of amides is 1. The average Bonchev–Trinajstić information content (AvgIpc) is 3.08. The fraction of sp³-hybridized carbons (Fsp3) is 0.200. The molecule has 5 nitrogen and oxygen atoms in total. The molecule has 0 aliphatic heterocycles. The maximum Gasteiger partial charge on any atom is 0.422 e. The third-order valence-electron chi connectivity index (χ3n) is 4.04. The molecule has 1 aromatic carbocycles. The lowest BCUT2D eigenvalue weighted by molar-refractivity contribution is -0.154. The number of hydrogen-bond donors (Lipinski definition) is 2. The highest BCUT2D eigenvalue weighted by Gasteiger charge is 2.28. The van der Waals surface area contributed by atoms with Crippen LogP contribution in [0.5, 0.6) is 5.88 Å². The minimum Gasteiger partial charge on any atom is -0.468 e. The number of ether oxygens (including phenoxy) is 1. The van der Waals surface area contributed by atoms with Crippen molar-refractivity contribution in [2.24, 2.45) is 0 Å². The standard InChI is InChI=1S/C20H18F3N3O2/c1-13(14-7-9-19(25-10-14)28-12-20(21,22)23)26-18(27)8-6-15-11-24-17-5-3-2-4-16(15)17/h2-11,13,24H,12H2,1H3,(H,26,27). The number of pyridine rings is 1. The molecule has 0 fully saturated rings. The predicted octanol–water partition coefficient (Wildman–Crippen LogP) is 4.39. The van der Waals surface area contributed by atoms with Gasteiger partial charge in [0.1, 0.15) is 0 Å². The second kappa shape index (κ2) is 8.16. The first-order valence-corrected chi connectivity index (χ1v) is 8.52. The number of para-hydroxylation sites is 1. The van der Waals surface area contributed by atoms with Gasteiger partial charge in [-0.3, -0.25) is 4.79 Å². The van der Waals surface area contributed by atoms with Crippen molar-refractivity contribution in [2.45, 2.75) is 19.1 Å². The lowest BCUT2D eigenvalue weighted by Crippen LogP contribution is -2.24. The Morgan fingerprint density at radius 2 is 2.07 bits per heavy atom. The second-order valence-electron chi connectivity index (χ2n) is 6.19. The lowest BCUT2D eigenvalue weighted by Gasteiger charge is -2.13. The topological polar surface area (TPSA) is 67.0 Å². The number of benzene rings is 1. The van der Waals surface area contributed by atoms with Gasteiger partial charge in [0.05, 0.1) is 6.04 Å². The highest BCUT2D eigenvalue weighted by atomic mass is 19.4. The van der Waals surface area contributed by atoms with Gasteiger partial charge in [0.25, 0.3) is 0 Å². The summed E-state index contributed by atoms with van der Waals surface area (Å²) in [5, 5.41) is 3.80. The molecular weight excluding hydrogens is 371 g/mol. The van der Waals surface area contributed by atoms with Crippen LogP contribution in [0.3, 0.4) is 0 Å². The van der Waals surface area contributed by atoms with Crippen LogP contribution in [-0.2, 0) is 4.79 Å². The zero-order valence-corrected chi connectivity index (χ0v) is 15.0. The van der Waals surface area contributed by atoms with Crippen LogP contribution in [0.1, 0.15) is 24.1 Å². The molecule has 0 bridgehead atoms. The van der Waals surface area contributed by atoms with Crippen molar-refractivity contribution in [2.75, 3.05) is 6.61 Å². The Labute approximate surface area is 159 Å². The zero-order chi connectivity index (χ0) is 20.1. The third-order valence-corrected chi connectivity index (χ3v) is 4.04. The SMILES string of the molecule is CC(NC(=O)C=Cc1c[nH]c2ccccc12)c1ccc(OCC(F)(F)F)nc1. The van der Waals surface area contributed by atoms with Crippen molar-refractivity contribution in [3.63, 3.8) is 0 Å². The van der Waals surface area contributed by atoms with Crippen LogP contribution in [0.2, 0.25) is 0 Å². The summed E-state index contributed by atoms with van der Waals surface area (Å²) in [5.74, 6) is -0.422. The van der Waals surface area contributed by atoms with Crippen LogP contribution in [0.15, 0.2) is 54.9 Å². The summed E-state index contributed by atoms with van der Waals surface area (Å²) in [6.45, 7) is 0.356. The lowest BCUT2D eigenvalue weighted by atomic mass is 10.1. The Morgan fingerprint density at radius 1 is 1.29 bits per heavy atom. The Kier molecular flexibility index (Phi) is 5.67. The third kappa shape index (κ3) is 5.12. The Hall–Kier alpha value is -3.29. The fourth-order valence-electron chi connectivity index (χ4n) is 2.63. The molecule has 2 heterocycles. The molecule has 146 valence electrons. The van der Waals surface area contributed by atoms with Crippen molar-refractivity contribution in [1.82, 2.24) is 15.3 Å². The maximum atomic E-state index is 12.2. The van der Waals surface area contributed by atoms with Gasteiger partial charge in [-0.1, -0.05) is 24.3 Å². The van der Waals surface area contributed by atoms with E-state index in [1.54, 1.807) is 19.1 Å². The second-order valence-corrected chi connectivity index (χ2v) is 6.19. The number of fused-ring (bicyclic) bond motifs is 1. The minimum atomic E-state index is -4.42. The molecule has 1 amide bonds. The van der Waals surface area contributed by atoms with Crippen LogP contribution in [-0.4, -0.2) is 28.7 Å². The summed E-state index contributed by atoms with van der Waals surface area (Å²) in [4.78, 5) is 19.1. The molecule has 1 unspecified atom stereocenters. The molecule has 0 spiro atoms. The number of aromatic amines is 1. The van der Waals surface area contributed by atoms with Gasteiger partial charge in [-0.2, -0.15) is 13.2 Å². The molecule has 0 radical (unpaired) electrons. The molecule has 2 aromatic heterocycles. The minimum absolute atomic E-state index is 0.126. The number of alkyl halides is 3. The first kappa shape index (κ1) is 19.5. The van der Waals surface area contributed by atoms with E-state index in [9.17, 15) is 18.0 Å². The largest absolute Gasteiger partial charge is 0.468 e. The van der Waals surface area contributed by atoms with E-state index in [4.69, 9.17) is 0 Å². The summed E-state index contributed by atoms with van der Waals surface area (Å²) in [6.07, 6.45) is 1.92. The Morgan fingerprint density at radius 3 is 2.79 bits per heavy atom. The van der Waals surface area contributed by atoms with Crippen LogP contribution in [0.25, 0.3) is 17.0 Å². The number of hydrogen-bond acceptors (Lipinski definition) is 3. The molecule has 0 saturated carbocycles. The normalized spacial score (nSPS) is 13.0. The van der Waals surface area contributed by atoms with Crippen molar-refractivity contribution >= 4 is 22.9 Å². The molecule has 8 heteroatoms. The quantitative estimate of drug-likeness (QED) is 0.615. The number of rotatable bonds is 6. The molecular formula is C20H18F3N3O2. The smallest absolute Gasteiger partial charge is 0.422 e. The van der Waals surface area contributed by atoms with Gasteiger partial charge >= 0.3 is 6.18 Å². The first-order chi connectivity index (χ1) is 13.3. The zero-order valence-electron chi connectivity index (χ0n) is 15.0. The number of nitrogens with zero attached hydrogens (tertiary/aromatic N) is 1. The summed E-state index contributed by atoms with van der Waals surface area (Å²) in [5.41, 5.74) is 2.52. The van der Waals surface area contributed by atoms with Crippen LogP contribution in [0, 0.1) is 0 Å². The van der Waals surface area contributed by atoms with Crippen LogP contribution in [0.4, 0.5) is 13.2 Å². The number of halogens is 3. The molecule has 2 N–H and O–H groups in total. The van der Waals surface area contributed by atoms with E-state index in [1.807, 2.05) is 30.5 Å².